The van der Waals surface area contributed by atoms with Crippen molar-refractivity contribution in [2.45, 2.75) is 12.5 Å². The van der Waals surface area contributed by atoms with Crippen molar-refractivity contribution in [1.29, 1.82) is 0 Å². The maximum atomic E-state index is 12.7. The molecule has 1 unspecified atom stereocenters. The summed E-state index contributed by atoms with van der Waals surface area (Å²) in [6.07, 6.45) is 6.86. The van der Waals surface area contributed by atoms with Gasteiger partial charge in [-0.2, -0.15) is 20.3 Å². The lowest BCUT2D eigenvalue weighted by Crippen LogP contribution is -2.32. The number of carbonyl (C=O) groups is 1. The smallest absolute Gasteiger partial charge is 0.247 e. The molecule has 6 rings (SSSR count). The summed E-state index contributed by atoms with van der Waals surface area (Å²) in [5.41, 5.74) is 5.16. The zero-order chi connectivity index (χ0) is 22.9. The predicted octanol–water partition coefficient (Wildman–Crippen LogP) is 2.92. The van der Waals surface area contributed by atoms with Gasteiger partial charge in [-0.05, 0) is 35.9 Å². The van der Waals surface area contributed by atoms with E-state index in [0.717, 1.165) is 33.4 Å². The Hall–Kier alpha value is -4.93. The van der Waals surface area contributed by atoms with Crippen molar-refractivity contribution >= 4 is 39.8 Å². The Morgan fingerprint density at radius 3 is 2.88 bits per heavy atom. The van der Waals surface area contributed by atoms with Crippen LogP contribution in [-0.2, 0) is 11.2 Å². The van der Waals surface area contributed by atoms with Crippen LogP contribution in [0.4, 0.5) is 23.0 Å². The molecule has 1 aliphatic rings. The van der Waals surface area contributed by atoms with Crippen LogP contribution >= 0.6 is 0 Å². The summed E-state index contributed by atoms with van der Waals surface area (Å²) in [7, 11) is 0. The van der Waals surface area contributed by atoms with Crippen molar-refractivity contribution in [3.8, 4) is 11.4 Å². The number of nitrogens with zero attached hydrogens (tertiary/aromatic N) is 6. The number of nitrogens with one attached hydrogen (secondary N) is 4. The van der Waals surface area contributed by atoms with Crippen molar-refractivity contribution < 1.29 is 4.79 Å². The third-order valence-corrected chi connectivity index (χ3v) is 5.56. The number of fused-ring (bicyclic) bond motifs is 2. The van der Waals surface area contributed by atoms with Crippen LogP contribution in [0, 0.1) is 0 Å². The molecular weight excluding hydrogens is 432 g/mol. The number of hydrogen-bond acceptors (Lipinski definition) is 9. The van der Waals surface area contributed by atoms with Gasteiger partial charge in [-0.1, -0.05) is 12.1 Å². The molecule has 166 valence electrons. The van der Waals surface area contributed by atoms with Gasteiger partial charge in [0.1, 0.15) is 12.4 Å². The first-order chi connectivity index (χ1) is 16.7. The van der Waals surface area contributed by atoms with Crippen molar-refractivity contribution in [1.82, 2.24) is 35.3 Å². The second-order valence-corrected chi connectivity index (χ2v) is 7.82. The first-order valence-corrected chi connectivity index (χ1v) is 10.6. The van der Waals surface area contributed by atoms with Crippen LogP contribution in [0.3, 0.4) is 0 Å². The number of rotatable bonds is 5. The molecule has 4 N–H and O–H groups in total. The Morgan fingerprint density at radius 2 is 1.97 bits per heavy atom. The predicted molar refractivity (Wildman–Crippen MR) is 126 cm³/mol. The van der Waals surface area contributed by atoms with Crippen LogP contribution in [0.25, 0.3) is 22.3 Å². The summed E-state index contributed by atoms with van der Waals surface area (Å²) >= 11 is 0. The summed E-state index contributed by atoms with van der Waals surface area (Å²) in [4.78, 5) is 25.8. The van der Waals surface area contributed by atoms with E-state index in [2.05, 4.69) is 51.3 Å². The molecule has 2 aromatic carbocycles. The number of H-pyrrole nitrogens is 1. The topological polar surface area (TPSA) is 146 Å². The van der Waals surface area contributed by atoms with Gasteiger partial charge in [-0.3, -0.25) is 9.89 Å². The van der Waals surface area contributed by atoms with E-state index in [-0.39, 0.29) is 11.9 Å². The van der Waals surface area contributed by atoms with E-state index in [9.17, 15) is 4.79 Å². The zero-order valence-corrected chi connectivity index (χ0v) is 17.7. The van der Waals surface area contributed by atoms with Gasteiger partial charge in [-0.15, -0.1) is 0 Å². The van der Waals surface area contributed by atoms with E-state index in [0.29, 0.717) is 23.9 Å². The molecule has 1 amide bonds. The average Bonchev–Trinajstić information content (AvgIpc) is 3.51. The fourth-order valence-electron chi connectivity index (χ4n) is 3.88. The molecule has 11 nitrogen and oxygen atoms in total. The second kappa shape index (κ2) is 8.20. The standard InChI is InChI=1S/C23H18N10O/c34-22(29-17-5-6-26-27-11-17)20-8-13-1-2-14(9-19(13)31-20)21-24-12-25-23(32-21)30-16-3-4-18-15(7-16)10-28-33-18/h1-7,9-12,20,31H,8H2,(H,28,33)(H,26,29,34)(H,24,25,30,32). The lowest BCUT2D eigenvalue weighted by atomic mass is 10.1. The minimum atomic E-state index is -0.383. The van der Waals surface area contributed by atoms with E-state index >= 15 is 0 Å². The lowest BCUT2D eigenvalue weighted by molar-refractivity contribution is -0.116. The van der Waals surface area contributed by atoms with Crippen LogP contribution in [0.5, 0.6) is 0 Å². The fraction of sp³-hybridized carbons (Fsp3) is 0.0870. The Morgan fingerprint density at radius 1 is 1.00 bits per heavy atom. The molecule has 0 radical (unpaired) electrons. The van der Waals surface area contributed by atoms with Crippen LogP contribution < -0.4 is 16.0 Å². The summed E-state index contributed by atoms with van der Waals surface area (Å²) in [6, 6.07) is 13.0. The number of carbonyl (C=O) groups excluding carboxylic acids is 1. The van der Waals surface area contributed by atoms with Crippen LogP contribution in [0.1, 0.15) is 5.56 Å². The molecule has 0 saturated carbocycles. The Bertz CT molecular complexity index is 1500. The van der Waals surface area contributed by atoms with Crippen LogP contribution in [0.2, 0.25) is 0 Å². The molecular formula is C23H18N10O. The van der Waals surface area contributed by atoms with E-state index < -0.39 is 0 Å². The van der Waals surface area contributed by atoms with Gasteiger partial charge in [-0.25, -0.2) is 9.97 Å². The van der Waals surface area contributed by atoms with E-state index in [4.69, 9.17) is 0 Å². The highest BCUT2D eigenvalue weighted by Gasteiger charge is 2.27. The van der Waals surface area contributed by atoms with Crippen LogP contribution in [0.15, 0.2) is 67.4 Å². The molecule has 1 atom stereocenters. The van der Waals surface area contributed by atoms with Crippen molar-refractivity contribution in [3.63, 3.8) is 0 Å². The zero-order valence-electron chi connectivity index (χ0n) is 17.7. The van der Waals surface area contributed by atoms with Crippen LogP contribution in [-0.4, -0.2) is 47.3 Å². The van der Waals surface area contributed by atoms with E-state index in [1.165, 1.54) is 18.7 Å². The molecule has 34 heavy (non-hydrogen) atoms. The minimum absolute atomic E-state index is 0.132. The number of anilines is 4. The largest absolute Gasteiger partial charge is 0.373 e. The van der Waals surface area contributed by atoms with Gasteiger partial charge >= 0.3 is 0 Å². The number of amides is 1. The minimum Gasteiger partial charge on any atom is -0.373 e. The quantitative estimate of drug-likeness (QED) is 0.317. The average molecular weight is 450 g/mol. The van der Waals surface area contributed by atoms with Gasteiger partial charge in [0.25, 0.3) is 0 Å². The molecule has 0 aliphatic carbocycles. The number of benzene rings is 2. The lowest BCUT2D eigenvalue weighted by Gasteiger charge is -2.11. The highest BCUT2D eigenvalue weighted by atomic mass is 16.2. The molecule has 0 fully saturated rings. The first kappa shape index (κ1) is 19.7. The molecule has 0 spiro atoms. The Balaban J connectivity index is 1.19. The number of hydrogen-bond donors (Lipinski definition) is 4. The normalized spacial score (nSPS) is 14.4. The Labute approximate surface area is 193 Å². The molecule has 5 aromatic rings. The van der Waals surface area contributed by atoms with Crippen molar-refractivity contribution in [2.75, 3.05) is 16.0 Å². The molecule has 0 saturated heterocycles. The maximum absolute atomic E-state index is 12.7. The summed E-state index contributed by atoms with van der Waals surface area (Å²) in [5.74, 6) is 0.832. The van der Waals surface area contributed by atoms with Gasteiger partial charge in [0, 0.05) is 28.7 Å². The van der Waals surface area contributed by atoms with Gasteiger partial charge in [0.05, 0.1) is 29.8 Å². The van der Waals surface area contributed by atoms with E-state index in [1.54, 1.807) is 12.3 Å². The molecule has 0 bridgehead atoms. The highest BCUT2D eigenvalue weighted by Crippen LogP contribution is 2.31. The molecule has 11 heteroatoms. The highest BCUT2D eigenvalue weighted by molar-refractivity contribution is 5.98. The van der Waals surface area contributed by atoms with Gasteiger partial charge in [0.15, 0.2) is 5.82 Å². The SMILES string of the molecule is O=C(Nc1ccnnc1)C1Cc2ccc(-c3ncnc(Nc4ccc5[nH]ncc5c4)n3)cc2N1. The van der Waals surface area contributed by atoms with Crippen molar-refractivity contribution in [2.24, 2.45) is 0 Å². The maximum Gasteiger partial charge on any atom is 0.247 e. The number of aromatic amines is 1. The van der Waals surface area contributed by atoms with Gasteiger partial charge < -0.3 is 16.0 Å². The monoisotopic (exact) mass is 450 g/mol. The summed E-state index contributed by atoms with van der Waals surface area (Å²) in [5, 5.41) is 24.8. The molecule has 3 aromatic heterocycles. The fourth-order valence-corrected chi connectivity index (χ4v) is 3.88. The van der Waals surface area contributed by atoms with Gasteiger partial charge in [0.2, 0.25) is 11.9 Å². The number of aromatic nitrogens is 7. The first-order valence-electron chi connectivity index (χ1n) is 10.6. The third kappa shape index (κ3) is 3.86. The summed E-state index contributed by atoms with van der Waals surface area (Å²) in [6.45, 7) is 0. The third-order valence-electron chi connectivity index (χ3n) is 5.56. The molecule has 1 aliphatic heterocycles. The summed E-state index contributed by atoms with van der Waals surface area (Å²) < 4.78 is 0. The molecule has 4 heterocycles. The van der Waals surface area contributed by atoms with Crippen molar-refractivity contribution in [3.05, 3.63) is 72.9 Å². The second-order valence-electron chi connectivity index (χ2n) is 7.82. The van der Waals surface area contributed by atoms with E-state index in [1.807, 2.05) is 36.4 Å². The Kier molecular flexibility index (Phi) is 4.76.